The van der Waals surface area contributed by atoms with E-state index in [9.17, 15) is 9.59 Å². The molecule has 0 heterocycles. The fourth-order valence-corrected chi connectivity index (χ4v) is 1.48. The van der Waals surface area contributed by atoms with E-state index in [0.717, 1.165) is 11.1 Å². The third-order valence-corrected chi connectivity index (χ3v) is 2.52. The Hall–Kier alpha value is -2.32. The Morgan fingerprint density at radius 3 is 2.79 bits per heavy atom. The lowest BCUT2D eigenvalue weighted by Gasteiger charge is -2.08. The first-order chi connectivity index (χ1) is 9.10. The van der Waals surface area contributed by atoms with E-state index in [2.05, 4.69) is 21.9 Å². The summed E-state index contributed by atoms with van der Waals surface area (Å²) in [4.78, 5) is 22.9. The van der Waals surface area contributed by atoms with Crippen molar-refractivity contribution in [3.63, 3.8) is 0 Å². The van der Waals surface area contributed by atoms with Gasteiger partial charge in [-0.25, -0.2) is 0 Å². The number of hydrogen-bond acceptors (Lipinski definition) is 4. The molecule has 0 spiro atoms. The molecule has 0 saturated heterocycles. The van der Waals surface area contributed by atoms with E-state index >= 15 is 0 Å². The average Bonchev–Trinajstić information content (AvgIpc) is 2.43. The minimum atomic E-state index is -0.495. The van der Waals surface area contributed by atoms with Gasteiger partial charge in [-0.2, -0.15) is 0 Å². The van der Waals surface area contributed by atoms with E-state index in [1.165, 1.54) is 7.11 Å². The van der Waals surface area contributed by atoms with Crippen LogP contribution in [0.15, 0.2) is 18.2 Å². The number of amides is 1. The molecule has 0 atom stereocenters. The Labute approximate surface area is 112 Å². The van der Waals surface area contributed by atoms with Crippen molar-refractivity contribution >= 4 is 11.9 Å². The third-order valence-electron chi connectivity index (χ3n) is 2.52. The molecule has 1 rings (SSSR count). The number of methoxy groups -OCH3 is 1. The monoisotopic (exact) mass is 260 g/mol. The molecule has 0 aliphatic rings. The number of carbonyl (C=O) groups excluding carboxylic acids is 2. The van der Waals surface area contributed by atoms with Crippen LogP contribution in [0.2, 0.25) is 0 Å². The summed E-state index contributed by atoms with van der Waals surface area (Å²) in [7, 11) is 1.27. The Bertz CT molecular complexity index is 541. The van der Waals surface area contributed by atoms with Gasteiger partial charge in [-0.3, -0.25) is 9.59 Å². The molecule has 0 radical (unpaired) electrons. The highest BCUT2D eigenvalue weighted by Crippen LogP contribution is 2.12. The van der Waals surface area contributed by atoms with Crippen LogP contribution in [-0.4, -0.2) is 32.1 Å². The molecule has 5 nitrogen and oxygen atoms in total. The van der Waals surface area contributed by atoms with Crippen LogP contribution in [0.4, 0.5) is 0 Å². The normalized spacial score (nSPS) is 9.21. The SMILES string of the molecule is COC(=O)CNC(=O)c1cccc(C#CCN)c1C. The van der Waals surface area contributed by atoms with E-state index < -0.39 is 5.97 Å². The van der Waals surface area contributed by atoms with Gasteiger partial charge in [0.05, 0.1) is 13.7 Å². The highest BCUT2D eigenvalue weighted by atomic mass is 16.5. The van der Waals surface area contributed by atoms with Crippen LogP contribution in [0.3, 0.4) is 0 Å². The fraction of sp³-hybridized carbons (Fsp3) is 0.286. The van der Waals surface area contributed by atoms with Gasteiger partial charge in [-0.1, -0.05) is 17.9 Å². The van der Waals surface area contributed by atoms with E-state index in [1.807, 2.05) is 6.07 Å². The zero-order valence-electron chi connectivity index (χ0n) is 10.9. The molecule has 0 saturated carbocycles. The number of hydrogen-bond donors (Lipinski definition) is 2. The summed E-state index contributed by atoms with van der Waals surface area (Å²) in [6, 6.07) is 5.23. The second-order valence-corrected chi connectivity index (χ2v) is 3.74. The van der Waals surface area contributed by atoms with Crippen LogP contribution in [0.5, 0.6) is 0 Å². The Balaban J connectivity index is 2.89. The number of benzene rings is 1. The average molecular weight is 260 g/mol. The van der Waals surface area contributed by atoms with Gasteiger partial charge in [0, 0.05) is 11.1 Å². The highest BCUT2D eigenvalue weighted by molar-refractivity contribution is 5.97. The maximum absolute atomic E-state index is 11.9. The van der Waals surface area contributed by atoms with Crippen LogP contribution < -0.4 is 11.1 Å². The standard InChI is InChI=1S/C14H16N2O3/c1-10-11(6-4-8-15)5-3-7-12(10)14(18)16-9-13(17)19-2/h3,5,7H,8-9,15H2,1-2H3,(H,16,18). The highest BCUT2D eigenvalue weighted by Gasteiger charge is 2.12. The minimum absolute atomic E-state index is 0.159. The van der Waals surface area contributed by atoms with Crippen LogP contribution in [0, 0.1) is 18.8 Å². The van der Waals surface area contributed by atoms with Crippen molar-refractivity contribution in [1.82, 2.24) is 5.32 Å². The van der Waals surface area contributed by atoms with Crippen molar-refractivity contribution in [2.45, 2.75) is 6.92 Å². The van der Waals surface area contributed by atoms with E-state index in [0.29, 0.717) is 5.56 Å². The van der Waals surface area contributed by atoms with Gasteiger partial charge >= 0.3 is 5.97 Å². The summed E-state index contributed by atoms with van der Waals surface area (Å²) in [5.41, 5.74) is 7.30. The maximum Gasteiger partial charge on any atom is 0.325 e. The largest absolute Gasteiger partial charge is 0.468 e. The van der Waals surface area contributed by atoms with Crippen LogP contribution in [0.25, 0.3) is 0 Å². The number of carbonyl (C=O) groups is 2. The van der Waals surface area contributed by atoms with Crippen molar-refractivity contribution in [3.05, 3.63) is 34.9 Å². The number of nitrogens with two attached hydrogens (primary N) is 1. The predicted molar refractivity (Wildman–Crippen MR) is 71.5 cm³/mol. The molecule has 1 aromatic rings. The molecule has 19 heavy (non-hydrogen) atoms. The zero-order chi connectivity index (χ0) is 14.3. The summed E-state index contributed by atoms with van der Waals surface area (Å²) in [6.45, 7) is 1.90. The fourth-order valence-electron chi connectivity index (χ4n) is 1.48. The number of rotatable bonds is 3. The van der Waals surface area contributed by atoms with Gasteiger partial charge in [-0.15, -0.1) is 0 Å². The number of esters is 1. The maximum atomic E-state index is 11.9. The van der Waals surface area contributed by atoms with E-state index in [-0.39, 0.29) is 19.0 Å². The Morgan fingerprint density at radius 1 is 1.42 bits per heavy atom. The molecule has 1 amide bonds. The molecular weight excluding hydrogens is 244 g/mol. The van der Waals surface area contributed by atoms with E-state index in [1.54, 1.807) is 19.1 Å². The first-order valence-corrected chi connectivity index (χ1v) is 5.73. The van der Waals surface area contributed by atoms with Gasteiger partial charge in [-0.05, 0) is 24.6 Å². The molecule has 3 N–H and O–H groups in total. The van der Waals surface area contributed by atoms with Gasteiger partial charge in [0.15, 0.2) is 0 Å². The lowest BCUT2D eigenvalue weighted by atomic mass is 10.0. The summed E-state index contributed by atoms with van der Waals surface area (Å²) >= 11 is 0. The second-order valence-electron chi connectivity index (χ2n) is 3.74. The minimum Gasteiger partial charge on any atom is -0.468 e. The molecule has 0 unspecified atom stereocenters. The summed E-state index contributed by atoms with van der Waals surface area (Å²) in [6.07, 6.45) is 0. The first kappa shape index (κ1) is 14.7. The van der Waals surface area contributed by atoms with Gasteiger partial charge < -0.3 is 15.8 Å². The van der Waals surface area contributed by atoms with Crippen LogP contribution >= 0.6 is 0 Å². The van der Waals surface area contributed by atoms with Crippen molar-refractivity contribution in [2.75, 3.05) is 20.2 Å². The van der Waals surface area contributed by atoms with Gasteiger partial charge in [0.1, 0.15) is 6.54 Å². The molecule has 5 heteroatoms. The quantitative estimate of drug-likeness (QED) is 0.601. The predicted octanol–water partition coefficient (Wildman–Crippen LogP) is 0.208. The van der Waals surface area contributed by atoms with Gasteiger partial charge in [0.25, 0.3) is 5.91 Å². The van der Waals surface area contributed by atoms with Crippen molar-refractivity contribution < 1.29 is 14.3 Å². The van der Waals surface area contributed by atoms with Crippen LogP contribution in [-0.2, 0) is 9.53 Å². The molecular formula is C14H16N2O3. The molecule has 0 aliphatic carbocycles. The Kier molecular flexibility index (Phi) is 5.58. The smallest absolute Gasteiger partial charge is 0.325 e. The molecule has 100 valence electrons. The van der Waals surface area contributed by atoms with Gasteiger partial charge in [0.2, 0.25) is 0 Å². The molecule has 0 bridgehead atoms. The first-order valence-electron chi connectivity index (χ1n) is 5.73. The summed E-state index contributed by atoms with van der Waals surface area (Å²) in [5.74, 6) is 4.81. The van der Waals surface area contributed by atoms with Crippen molar-refractivity contribution in [2.24, 2.45) is 5.73 Å². The zero-order valence-corrected chi connectivity index (χ0v) is 10.9. The summed E-state index contributed by atoms with van der Waals surface area (Å²) < 4.78 is 4.45. The second kappa shape index (κ2) is 7.19. The lowest BCUT2D eigenvalue weighted by Crippen LogP contribution is -2.30. The topological polar surface area (TPSA) is 81.4 Å². The van der Waals surface area contributed by atoms with Crippen LogP contribution in [0.1, 0.15) is 21.5 Å². The van der Waals surface area contributed by atoms with Crippen molar-refractivity contribution in [3.8, 4) is 11.8 Å². The molecule has 0 fully saturated rings. The summed E-state index contributed by atoms with van der Waals surface area (Å²) in [5, 5.41) is 2.49. The lowest BCUT2D eigenvalue weighted by molar-refractivity contribution is -0.139. The number of nitrogens with one attached hydrogen (secondary N) is 1. The third kappa shape index (κ3) is 4.12. The molecule has 1 aromatic carbocycles. The Morgan fingerprint density at radius 2 is 2.16 bits per heavy atom. The van der Waals surface area contributed by atoms with Crippen molar-refractivity contribution in [1.29, 1.82) is 0 Å². The molecule has 0 aliphatic heterocycles. The van der Waals surface area contributed by atoms with E-state index in [4.69, 9.17) is 5.73 Å². The number of ether oxygens (including phenoxy) is 1. The molecule has 0 aromatic heterocycles.